The number of benzene rings is 2. The molecule has 2 aromatic rings. The van der Waals surface area contributed by atoms with Crippen molar-refractivity contribution in [2.24, 2.45) is 11.7 Å². The number of carboxylic acids is 1. The summed E-state index contributed by atoms with van der Waals surface area (Å²) < 4.78 is 0. The minimum atomic E-state index is -1.43. The van der Waals surface area contributed by atoms with Crippen LogP contribution in [0.5, 0.6) is 5.75 Å². The standard InChI is InChI=1S/C30H41N5O8/c1-17(2)13-24(30(42)43)34-28(40)23(15-19-7-5-4-6-8-19)33-25(38)16-32-29(41)26(18(3)36)35-27(39)22(31)14-20-9-11-21(37)12-10-20/h4-12,17-18,22-24,26,36-37H,13-16,31H2,1-3H3,(H,32,41)(H,33,38)(H,34,40)(H,35,39)(H,42,43). The molecule has 234 valence electrons. The smallest absolute Gasteiger partial charge is 0.326 e. The molecule has 43 heavy (non-hydrogen) atoms. The van der Waals surface area contributed by atoms with Crippen molar-refractivity contribution < 1.29 is 39.3 Å². The van der Waals surface area contributed by atoms with Gasteiger partial charge in [-0.1, -0.05) is 56.3 Å². The quantitative estimate of drug-likeness (QED) is 0.125. The predicted octanol–water partition coefficient (Wildman–Crippen LogP) is -0.413. The SMILES string of the molecule is CC(C)CC(NC(=O)C(Cc1ccccc1)NC(=O)CNC(=O)C(NC(=O)C(N)Cc1ccc(O)cc1)C(C)O)C(=O)O. The number of carbonyl (C=O) groups excluding carboxylic acids is 4. The van der Waals surface area contributed by atoms with Crippen LogP contribution in [-0.4, -0.2) is 81.7 Å². The number of aromatic hydroxyl groups is 1. The van der Waals surface area contributed by atoms with Gasteiger partial charge in [0.15, 0.2) is 0 Å². The zero-order valence-corrected chi connectivity index (χ0v) is 24.4. The zero-order chi connectivity index (χ0) is 32.1. The molecular weight excluding hydrogens is 558 g/mol. The number of hydrogen-bond donors (Lipinski definition) is 8. The molecule has 0 aliphatic carbocycles. The third kappa shape index (κ3) is 12.1. The van der Waals surface area contributed by atoms with E-state index in [1.807, 2.05) is 13.8 Å². The Morgan fingerprint density at radius 1 is 0.767 bits per heavy atom. The van der Waals surface area contributed by atoms with E-state index in [0.717, 1.165) is 0 Å². The van der Waals surface area contributed by atoms with Crippen LogP contribution in [0.25, 0.3) is 0 Å². The average molecular weight is 600 g/mol. The lowest BCUT2D eigenvalue weighted by atomic mass is 10.0. The highest BCUT2D eigenvalue weighted by Crippen LogP contribution is 2.11. The molecule has 13 nitrogen and oxygen atoms in total. The summed E-state index contributed by atoms with van der Waals surface area (Å²) in [6.45, 7) is 4.33. The number of aliphatic hydroxyl groups is 1. The molecule has 0 aliphatic rings. The summed E-state index contributed by atoms with van der Waals surface area (Å²) in [5.41, 5.74) is 7.34. The van der Waals surface area contributed by atoms with E-state index in [1.165, 1.54) is 19.1 Å². The lowest BCUT2D eigenvalue weighted by Crippen LogP contribution is -2.58. The molecule has 0 saturated heterocycles. The number of hydrogen-bond acceptors (Lipinski definition) is 8. The third-order valence-corrected chi connectivity index (χ3v) is 6.47. The highest BCUT2D eigenvalue weighted by atomic mass is 16.4. The first-order chi connectivity index (χ1) is 20.3. The number of aliphatic hydroxyl groups excluding tert-OH is 1. The molecule has 13 heteroatoms. The number of carbonyl (C=O) groups is 5. The molecule has 5 atom stereocenters. The van der Waals surface area contributed by atoms with Gasteiger partial charge in [0.05, 0.1) is 18.7 Å². The van der Waals surface area contributed by atoms with Gasteiger partial charge in [-0.05, 0) is 48.9 Å². The van der Waals surface area contributed by atoms with Crippen molar-refractivity contribution in [2.45, 2.75) is 70.3 Å². The van der Waals surface area contributed by atoms with Gasteiger partial charge in [0.1, 0.15) is 23.9 Å². The first-order valence-electron chi connectivity index (χ1n) is 13.9. The number of phenolic OH excluding ortho intramolecular Hbond substituents is 1. The van der Waals surface area contributed by atoms with Gasteiger partial charge in [-0.3, -0.25) is 19.2 Å². The largest absolute Gasteiger partial charge is 0.508 e. The van der Waals surface area contributed by atoms with Gasteiger partial charge in [0.2, 0.25) is 23.6 Å². The minimum Gasteiger partial charge on any atom is -0.508 e. The van der Waals surface area contributed by atoms with Crippen molar-refractivity contribution in [1.29, 1.82) is 0 Å². The highest BCUT2D eigenvalue weighted by Gasteiger charge is 2.30. The van der Waals surface area contributed by atoms with Crippen LogP contribution < -0.4 is 27.0 Å². The first kappa shape index (κ1) is 34.7. The first-order valence-corrected chi connectivity index (χ1v) is 13.9. The zero-order valence-electron chi connectivity index (χ0n) is 24.4. The Bertz CT molecular complexity index is 1240. The van der Waals surface area contributed by atoms with E-state index in [2.05, 4.69) is 21.3 Å². The third-order valence-electron chi connectivity index (χ3n) is 6.47. The summed E-state index contributed by atoms with van der Waals surface area (Å²) in [7, 11) is 0. The lowest BCUT2D eigenvalue weighted by molar-refractivity contribution is -0.142. The molecule has 2 aromatic carbocycles. The van der Waals surface area contributed by atoms with E-state index < -0.39 is 66.4 Å². The van der Waals surface area contributed by atoms with Gasteiger partial charge in [0.25, 0.3) is 0 Å². The number of nitrogens with one attached hydrogen (secondary N) is 4. The lowest BCUT2D eigenvalue weighted by Gasteiger charge is -2.24. The van der Waals surface area contributed by atoms with Crippen LogP contribution in [0.15, 0.2) is 54.6 Å². The van der Waals surface area contributed by atoms with Crippen LogP contribution in [-0.2, 0) is 36.8 Å². The number of amides is 4. The molecule has 5 unspecified atom stereocenters. The maximum absolute atomic E-state index is 13.1. The number of aliphatic carboxylic acids is 1. The maximum Gasteiger partial charge on any atom is 0.326 e. The molecule has 2 rings (SSSR count). The molecule has 0 aromatic heterocycles. The van der Waals surface area contributed by atoms with Crippen LogP contribution in [0.3, 0.4) is 0 Å². The minimum absolute atomic E-state index is 0.0107. The van der Waals surface area contributed by atoms with Crippen molar-refractivity contribution >= 4 is 29.6 Å². The summed E-state index contributed by atoms with van der Waals surface area (Å²) in [6, 6.07) is 10.1. The van der Waals surface area contributed by atoms with Gasteiger partial charge >= 0.3 is 5.97 Å². The van der Waals surface area contributed by atoms with Gasteiger partial charge in [-0.15, -0.1) is 0 Å². The van der Waals surface area contributed by atoms with E-state index in [4.69, 9.17) is 5.73 Å². The Morgan fingerprint density at radius 2 is 1.37 bits per heavy atom. The molecule has 9 N–H and O–H groups in total. The van der Waals surface area contributed by atoms with Crippen LogP contribution >= 0.6 is 0 Å². The Labute approximate surface area is 250 Å². The number of rotatable bonds is 16. The summed E-state index contributed by atoms with van der Waals surface area (Å²) in [5, 5.41) is 38.8. The average Bonchev–Trinajstić information content (AvgIpc) is 2.95. The predicted molar refractivity (Wildman–Crippen MR) is 158 cm³/mol. The molecule has 0 aliphatic heterocycles. The van der Waals surface area contributed by atoms with Crippen LogP contribution in [0.2, 0.25) is 0 Å². The second-order valence-corrected chi connectivity index (χ2v) is 10.8. The Hall–Kier alpha value is -4.49. The number of nitrogens with two attached hydrogens (primary N) is 1. The molecule has 4 amide bonds. The molecule has 0 bridgehead atoms. The molecule has 0 fully saturated rings. The molecule has 0 heterocycles. The van der Waals surface area contributed by atoms with Crippen molar-refractivity contribution in [1.82, 2.24) is 21.3 Å². The second-order valence-electron chi connectivity index (χ2n) is 10.8. The molecule has 0 radical (unpaired) electrons. The molecule has 0 spiro atoms. The van der Waals surface area contributed by atoms with Gasteiger partial charge < -0.3 is 42.3 Å². The summed E-state index contributed by atoms with van der Waals surface area (Å²) in [6.07, 6.45) is -0.980. The Balaban J connectivity index is 2.02. The normalized spacial score (nSPS) is 14.5. The van der Waals surface area contributed by atoms with E-state index in [-0.39, 0.29) is 30.9 Å². The summed E-state index contributed by atoms with van der Waals surface area (Å²) >= 11 is 0. The number of phenols is 1. The van der Waals surface area contributed by atoms with Crippen LogP contribution in [0.1, 0.15) is 38.3 Å². The van der Waals surface area contributed by atoms with Gasteiger partial charge in [-0.25, -0.2) is 4.79 Å². The van der Waals surface area contributed by atoms with Crippen molar-refractivity contribution in [3.63, 3.8) is 0 Å². The fraction of sp³-hybridized carbons (Fsp3) is 0.433. The topological polar surface area (TPSA) is 220 Å². The van der Waals surface area contributed by atoms with Gasteiger partial charge in [0, 0.05) is 6.42 Å². The highest BCUT2D eigenvalue weighted by molar-refractivity contribution is 5.94. The summed E-state index contributed by atoms with van der Waals surface area (Å²) in [5.74, 6) is -4.18. The van der Waals surface area contributed by atoms with Gasteiger partial charge in [-0.2, -0.15) is 0 Å². The van der Waals surface area contributed by atoms with E-state index in [0.29, 0.717) is 11.1 Å². The number of carboxylic acid groups (broad SMARTS) is 1. The molecule has 0 saturated carbocycles. The van der Waals surface area contributed by atoms with E-state index in [1.54, 1.807) is 42.5 Å². The van der Waals surface area contributed by atoms with Crippen LogP contribution in [0.4, 0.5) is 0 Å². The molecular formula is C30H41N5O8. The monoisotopic (exact) mass is 599 g/mol. The van der Waals surface area contributed by atoms with Crippen LogP contribution in [0, 0.1) is 5.92 Å². The second kappa shape index (κ2) is 16.8. The maximum atomic E-state index is 13.1. The van der Waals surface area contributed by atoms with E-state index >= 15 is 0 Å². The van der Waals surface area contributed by atoms with Crippen molar-refractivity contribution in [2.75, 3.05) is 6.54 Å². The van der Waals surface area contributed by atoms with Crippen molar-refractivity contribution in [3.05, 3.63) is 65.7 Å². The fourth-order valence-corrected chi connectivity index (χ4v) is 4.19. The Morgan fingerprint density at radius 3 is 1.93 bits per heavy atom. The summed E-state index contributed by atoms with van der Waals surface area (Å²) in [4.78, 5) is 63.0. The van der Waals surface area contributed by atoms with Crippen molar-refractivity contribution in [3.8, 4) is 5.75 Å². The Kier molecular flexibility index (Phi) is 13.6. The fourth-order valence-electron chi connectivity index (χ4n) is 4.19. The van der Waals surface area contributed by atoms with E-state index in [9.17, 15) is 39.3 Å².